The van der Waals surface area contributed by atoms with E-state index < -0.39 is 47.6 Å². The summed E-state index contributed by atoms with van der Waals surface area (Å²) < 4.78 is 5.29. The Kier molecular flexibility index (Phi) is 7.48. The van der Waals surface area contributed by atoms with Gasteiger partial charge >= 0.3 is 12.1 Å². The Hall–Kier alpha value is -3.17. The van der Waals surface area contributed by atoms with Gasteiger partial charge in [-0.1, -0.05) is 19.9 Å². The number of aliphatic carboxylic acids is 1. The largest absolute Gasteiger partial charge is 0.480 e. The molecule has 0 aliphatic carbocycles. The molecule has 10 nitrogen and oxygen atoms in total. The number of likely N-dealkylation sites (N-methyl/N-ethyl adjacent to an activating group) is 1. The SMILES string of the molecule is CC(C)[C@H](NC(=O)[C@H](C)N(C)C(=O)OC(C)(C)C)C(=O)N1c2ncccc2CC1C(=O)O. The predicted molar refractivity (Wildman–Crippen MR) is 117 cm³/mol. The number of nitrogens with zero attached hydrogens (tertiary/aromatic N) is 3. The number of carboxylic acid groups (broad SMARTS) is 1. The van der Waals surface area contributed by atoms with Gasteiger partial charge in [-0.25, -0.2) is 14.6 Å². The van der Waals surface area contributed by atoms with E-state index in [0.29, 0.717) is 5.56 Å². The zero-order chi connectivity index (χ0) is 24.4. The minimum Gasteiger partial charge on any atom is -0.480 e. The minimum absolute atomic E-state index is 0.140. The molecule has 1 aromatic heterocycles. The lowest BCUT2D eigenvalue weighted by molar-refractivity contribution is -0.140. The minimum atomic E-state index is -1.15. The molecule has 0 saturated heterocycles. The van der Waals surface area contributed by atoms with Gasteiger partial charge in [-0.2, -0.15) is 0 Å². The van der Waals surface area contributed by atoms with Crippen LogP contribution in [-0.4, -0.2) is 69.6 Å². The first-order valence-corrected chi connectivity index (χ1v) is 10.5. The van der Waals surface area contributed by atoms with E-state index in [4.69, 9.17) is 4.74 Å². The van der Waals surface area contributed by atoms with Crippen LogP contribution in [0.5, 0.6) is 0 Å². The van der Waals surface area contributed by atoms with Crippen molar-refractivity contribution in [3.8, 4) is 0 Å². The zero-order valence-corrected chi connectivity index (χ0v) is 19.6. The first-order chi connectivity index (χ1) is 14.7. The van der Waals surface area contributed by atoms with Crippen molar-refractivity contribution >= 4 is 29.7 Å². The Bertz CT molecular complexity index is 895. The van der Waals surface area contributed by atoms with Gasteiger partial charge in [0.05, 0.1) is 0 Å². The van der Waals surface area contributed by atoms with E-state index in [1.165, 1.54) is 20.2 Å². The molecule has 176 valence electrons. The number of anilines is 1. The Labute approximate surface area is 187 Å². The number of carbonyl (C=O) groups excluding carboxylic acids is 3. The van der Waals surface area contributed by atoms with Crippen molar-refractivity contribution in [3.63, 3.8) is 0 Å². The molecule has 32 heavy (non-hydrogen) atoms. The molecule has 0 bridgehead atoms. The highest BCUT2D eigenvalue weighted by molar-refractivity contribution is 6.05. The van der Waals surface area contributed by atoms with Crippen LogP contribution < -0.4 is 10.2 Å². The summed E-state index contributed by atoms with van der Waals surface area (Å²) >= 11 is 0. The number of pyridine rings is 1. The average Bonchev–Trinajstić information content (AvgIpc) is 3.08. The molecule has 2 N–H and O–H groups in total. The normalized spacial score (nSPS) is 17.4. The number of rotatable bonds is 6. The molecule has 3 amide bonds. The molecule has 1 aliphatic heterocycles. The van der Waals surface area contributed by atoms with Crippen molar-refractivity contribution in [2.75, 3.05) is 11.9 Å². The maximum Gasteiger partial charge on any atom is 0.410 e. The fourth-order valence-electron chi connectivity index (χ4n) is 3.31. The van der Waals surface area contributed by atoms with Gasteiger partial charge in [-0.05, 0) is 45.2 Å². The first kappa shape index (κ1) is 25.1. The van der Waals surface area contributed by atoms with Crippen molar-refractivity contribution in [1.29, 1.82) is 0 Å². The summed E-state index contributed by atoms with van der Waals surface area (Å²) in [6, 6.07) is 0.380. The monoisotopic (exact) mass is 448 g/mol. The summed E-state index contributed by atoms with van der Waals surface area (Å²) in [5.41, 5.74) is -0.0694. The number of amides is 3. The van der Waals surface area contributed by atoms with Crippen molar-refractivity contribution in [2.24, 2.45) is 5.92 Å². The molecule has 1 aliphatic rings. The van der Waals surface area contributed by atoms with E-state index in [1.807, 2.05) is 0 Å². The fourth-order valence-corrected chi connectivity index (χ4v) is 3.31. The number of fused-ring (bicyclic) bond motifs is 1. The van der Waals surface area contributed by atoms with Crippen LogP contribution in [0, 0.1) is 5.92 Å². The second-order valence-corrected chi connectivity index (χ2v) is 9.25. The molecule has 1 unspecified atom stereocenters. The maximum atomic E-state index is 13.4. The quantitative estimate of drug-likeness (QED) is 0.679. The van der Waals surface area contributed by atoms with Crippen LogP contribution in [0.3, 0.4) is 0 Å². The van der Waals surface area contributed by atoms with Crippen LogP contribution in [0.1, 0.15) is 47.1 Å². The van der Waals surface area contributed by atoms with E-state index >= 15 is 0 Å². The van der Waals surface area contributed by atoms with Crippen molar-refractivity contribution in [1.82, 2.24) is 15.2 Å². The van der Waals surface area contributed by atoms with Gasteiger partial charge in [0.2, 0.25) is 5.91 Å². The molecular formula is C22H32N4O6. The lowest BCUT2D eigenvalue weighted by atomic mass is 10.0. The number of aromatic nitrogens is 1. The van der Waals surface area contributed by atoms with Crippen molar-refractivity contribution in [3.05, 3.63) is 23.9 Å². The van der Waals surface area contributed by atoms with E-state index in [-0.39, 0.29) is 18.2 Å². The van der Waals surface area contributed by atoms with Crippen LogP contribution in [0.2, 0.25) is 0 Å². The molecule has 10 heteroatoms. The maximum absolute atomic E-state index is 13.4. The topological polar surface area (TPSA) is 129 Å². The average molecular weight is 449 g/mol. The van der Waals surface area contributed by atoms with E-state index in [1.54, 1.807) is 46.8 Å². The van der Waals surface area contributed by atoms with Gasteiger partial charge in [-0.15, -0.1) is 0 Å². The molecule has 3 atom stereocenters. The Morgan fingerprint density at radius 3 is 2.41 bits per heavy atom. The van der Waals surface area contributed by atoms with Gasteiger partial charge in [0.25, 0.3) is 5.91 Å². The second kappa shape index (κ2) is 9.54. The molecule has 2 rings (SSSR count). The van der Waals surface area contributed by atoms with Gasteiger partial charge in [0.1, 0.15) is 29.5 Å². The lowest BCUT2D eigenvalue weighted by Crippen LogP contribution is -2.58. The molecule has 0 fully saturated rings. The Morgan fingerprint density at radius 2 is 1.88 bits per heavy atom. The molecule has 0 radical (unpaired) electrons. The molecular weight excluding hydrogens is 416 g/mol. The number of carboxylic acids is 1. The van der Waals surface area contributed by atoms with Crippen LogP contribution in [-0.2, 0) is 25.5 Å². The summed E-state index contributed by atoms with van der Waals surface area (Å²) in [4.78, 5) is 56.9. The number of carbonyl (C=O) groups is 4. The third kappa shape index (κ3) is 5.54. The summed E-state index contributed by atoms with van der Waals surface area (Å²) in [7, 11) is 1.44. The van der Waals surface area contributed by atoms with Crippen LogP contribution in [0.4, 0.5) is 10.6 Å². The third-order valence-electron chi connectivity index (χ3n) is 5.22. The highest BCUT2D eigenvalue weighted by atomic mass is 16.6. The summed E-state index contributed by atoms with van der Waals surface area (Å²) in [5, 5.41) is 12.3. The molecule has 0 spiro atoms. The van der Waals surface area contributed by atoms with Gasteiger partial charge in [0, 0.05) is 19.7 Å². The van der Waals surface area contributed by atoms with E-state index in [9.17, 15) is 24.3 Å². The number of hydrogen-bond acceptors (Lipinski definition) is 6. The van der Waals surface area contributed by atoms with Crippen LogP contribution >= 0.6 is 0 Å². The lowest BCUT2D eigenvalue weighted by Gasteiger charge is -2.32. The smallest absolute Gasteiger partial charge is 0.410 e. The van der Waals surface area contributed by atoms with E-state index in [0.717, 1.165) is 9.80 Å². The summed E-state index contributed by atoms with van der Waals surface area (Å²) in [6.07, 6.45) is 0.960. The highest BCUT2D eigenvalue weighted by Crippen LogP contribution is 2.31. The number of hydrogen-bond donors (Lipinski definition) is 2. The van der Waals surface area contributed by atoms with E-state index in [2.05, 4.69) is 10.3 Å². The zero-order valence-electron chi connectivity index (χ0n) is 19.6. The molecule has 2 heterocycles. The fraction of sp³-hybridized carbons (Fsp3) is 0.591. The highest BCUT2D eigenvalue weighted by Gasteiger charge is 2.43. The third-order valence-corrected chi connectivity index (χ3v) is 5.22. The molecule has 1 aromatic rings. The molecule has 0 saturated carbocycles. The summed E-state index contributed by atoms with van der Waals surface area (Å²) in [5.74, 6) is -2.33. The van der Waals surface area contributed by atoms with Crippen molar-refractivity contribution in [2.45, 2.75) is 71.7 Å². The standard InChI is InChI=1S/C22H32N4O6/c1-12(2)16(24-18(27)13(3)25(7)21(31)32-22(4,5)6)19(28)26-15(20(29)30)11-14-9-8-10-23-17(14)26/h8-10,12-13,15-16H,11H2,1-7H3,(H,24,27)(H,29,30)/t13-,15?,16-/m0/s1. The van der Waals surface area contributed by atoms with Gasteiger partial charge in [-0.3, -0.25) is 19.4 Å². The van der Waals surface area contributed by atoms with Crippen LogP contribution in [0.15, 0.2) is 18.3 Å². The number of ether oxygens (including phenoxy) is 1. The predicted octanol–water partition coefficient (Wildman–Crippen LogP) is 1.82. The summed E-state index contributed by atoms with van der Waals surface area (Å²) in [6.45, 7) is 10.2. The first-order valence-electron chi connectivity index (χ1n) is 10.5. The second-order valence-electron chi connectivity index (χ2n) is 9.25. The molecule has 0 aromatic carbocycles. The Morgan fingerprint density at radius 1 is 1.25 bits per heavy atom. The Balaban J connectivity index is 2.22. The van der Waals surface area contributed by atoms with Crippen LogP contribution in [0.25, 0.3) is 0 Å². The van der Waals surface area contributed by atoms with Gasteiger partial charge < -0.3 is 15.2 Å². The number of nitrogens with one attached hydrogen (secondary N) is 1. The van der Waals surface area contributed by atoms with Crippen molar-refractivity contribution < 1.29 is 29.0 Å². The van der Waals surface area contributed by atoms with Gasteiger partial charge in [0.15, 0.2) is 0 Å².